The molecule has 2 saturated heterocycles. The second-order valence-corrected chi connectivity index (χ2v) is 7.43. The van der Waals surface area contributed by atoms with Crippen LogP contribution < -0.4 is 11.1 Å². The van der Waals surface area contributed by atoms with Crippen molar-refractivity contribution in [1.29, 1.82) is 0 Å². The maximum Gasteiger partial charge on any atom is 0.217 e. The first-order valence-electron chi connectivity index (χ1n) is 8.14. The molecule has 0 radical (unpaired) electrons. The molecule has 0 spiro atoms. The molecule has 2 heterocycles. The topological polar surface area (TPSA) is 91.0 Å². The lowest BCUT2D eigenvalue weighted by molar-refractivity contribution is -0.119. The van der Waals surface area contributed by atoms with Gasteiger partial charge in [-0.1, -0.05) is 0 Å². The highest BCUT2D eigenvalue weighted by Crippen LogP contribution is 2.28. The van der Waals surface area contributed by atoms with Gasteiger partial charge in [0.15, 0.2) is 5.96 Å². The Hall–Kier alpha value is -0.950. The summed E-state index contributed by atoms with van der Waals surface area (Å²) in [4.78, 5) is 18.0. The van der Waals surface area contributed by atoms with Crippen molar-refractivity contribution >= 4 is 23.6 Å². The van der Waals surface area contributed by atoms with Crippen LogP contribution in [0, 0.1) is 5.92 Å². The van der Waals surface area contributed by atoms with Gasteiger partial charge in [-0.15, -0.1) is 0 Å². The normalized spacial score (nSPS) is 29.6. The number of rotatable bonds is 5. The Morgan fingerprint density at radius 3 is 3.05 bits per heavy atom. The van der Waals surface area contributed by atoms with E-state index in [1.807, 2.05) is 6.92 Å². The number of aliphatic hydroxyl groups is 1. The zero-order valence-electron chi connectivity index (χ0n) is 13.4. The molecular weight excluding hydrogens is 300 g/mol. The summed E-state index contributed by atoms with van der Waals surface area (Å²) in [6, 6.07) is 0. The summed E-state index contributed by atoms with van der Waals surface area (Å²) in [5.41, 5.74) is 4.66. The van der Waals surface area contributed by atoms with Gasteiger partial charge in [-0.05, 0) is 37.9 Å². The van der Waals surface area contributed by atoms with Crippen molar-refractivity contribution in [3.63, 3.8) is 0 Å². The number of likely N-dealkylation sites (tertiary alicyclic amines) is 1. The van der Waals surface area contributed by atoms with Crippen LogP contribution in [0.15, 0.2) is 4.99 Å². The number of carbonyl (C=O) groups excluding carboxylic acids is 1. The number of amides is 1. The monoisotopic (exact) mass is 328 g/mol. The molecule has 2 unspecified atom stereocenters. The second-order valence-electron chi connectivity index (χ2n) is 6.32. The minimum atomic E-state index is -0.659. The van der Waals surface area contributed by atoms with E-state index < -0.39 is 5.60 Å². The highest BCUT2D eigenvalue weighted by Gasteiger charge is 2.32. The molecule has 2 aliphatic heterocycles. The second kappa shape index (κ2) is 8.06. The van der Waals surface area contributed by atoms with Gasteiger partial charge >= 0.3 is 0 Å². The van der Waals surface area contributed by atoms with Crippen LogP contribution in [-0.2, 0) is 4.79 Å². The summed E-state index contributed by atoms with van der Waals surface area (Å²) < 4.78 is 0. The van der Waals surface area contributed by atoms with Crippen molar-refractivity contribution in [2.75, 3.05) is 37.7 Å². The van der Waals surface area contributed by atoms with Gasteiger partial charge in [0.25, 0.3) is 0 Å². The van der Waals surface area contributed by atoms with Gasteiger partial charge in [0.05, 0.1) is 12.1 Å². The fourth-order valence-electron chi connectivity index (χ4n) is 3.08. The first-order valence-corrected chi connectivity index (χ1v) is 9.29. The van der Waals surface area contributed by atoms with E-state index in [4.69, 9.17) is 5.73 Å². The molecule has 6 nitrogen and oxygen atoms in total. The Labute approximate surface area is 136 Å². The van der Waals surface area contributed by atoms with Crippen LogP contribution in [0.25, 0.3) is 0 Å². The number of hydrogen-bond acceptors (Lipinski definition) is 4. The number of aliphatic imine (C=N–C) groups is 1. The number of nitrogens with two attached hydrogens (primary N) is 1. The first kappa shape index (κ1) is 17.4. The minimum absolute atomic E-state index is 0.230. The molecule has 2 aliphatic rings. The third-order valence-electron chi connectivity index (χ3n) is 4.25. The first-order chi connectivity index (χ1) is 10.5. The van der Waals surface area contributed by atoms with Crippen LogP contribution in [0.1, 0.15) is 32.6 Å². The summed E-state index contributed by atoms with van der Waals surface area (Å²) in [5.74, 6) is 2.70. The van der Waals surface area contributed by atoms with E-state index in [9.17, 15) is 9.90 Å². The molecule has 0 aromatic heterocycles. The highest BCUT2D eigenvalue weighted by molar-refractivity contribution is 7.99. The lowest BCUT2D eigenvalue weighted by Gasteiger charge is -2.35. The van der Waals surface area contributed by atoms with E-state index in [0.717, 1.165) is 56.4 Å². The van der Waals surface area contributed by atoms with E-state index >= 15 is 0 Å². The average molecular weight is 328 g/mol. The molecule has 0 aromatic rings. The van der Waals surface area contributed by atoms with Gasteiger partial charge in [0, 0.05) is 31.8 Å². The quantitative estimate of drug-likeness (QED) is 0.502. The molecule has 22 heavy (non-hydrogen) atoms. The van der Waals surface area contributed by atoms with Crippen molar-refractivity contribution in [3.05, 3.63) is 0 Å². The van der Waals surface area contributed by atoms with E-state index in [2.05, 4.69) is 15.2 Å². The summed E-state index contributed by atoms with van der Waals surface area (Å²) in [6.07, 6.45) is 3.34. The van der Waals surface area contributed by atoms with Gasteiger partial charge in [0.1, 0.15) is 0 Å². The smallest absolute Gasteiger partial charge is 0.217 e. The molecule has 2 rings (SSSR count). The fraction of sp³-hybridized carbons (Fsp3) is 0.867. The number of guanidine groups is 1. The molecule has 126 valence electrons. The van der Waals surface area contributed by atoms with Crippen LogP contribution >= 0.6 is 11.8 Å². The summed E-state index contributed by atoms with van der Waals surface area (Å²) in [6.45, 7) is 5.03. The average Bonchev–Trinajstić information content (AvgIpc) is 2.90. The molecule has 4 N–H and O–H groups in total. The maximum absolute atomic E-state index is 11.1. The van der Waals surface area contributed by atoms with Crippen molar-refractivity contribution in [1.82, 2.24) is 10.2 Å². The lowest BCUT2D eigenvalue weighted by atomic mass is 9.95. The number of nitrogens with zero attached hydrogens (tertiary/aromatic N) is 2. The molecule has 0 bridgehead atoms. The summed E-state index contributed by atoms with van der Waals surface area (Å²) in [5, 5.41) is 13.8. The SMILES string of the molecule is CCNC(=NCC1(O)CCSC1)N1CCCC(CC(N)=O)C1. The Kier molecular flexibility index (Phi) is 6.37. The summed E-state index contributed by atoms with van der Waals surface area (Å²) >= 11 is 1.78. The minimum Gasteiger partial charge on any atom is -0.387 e. The molecular formula is C15H28N4O2S. The lowest BCUT2D eigenvalue weighted by Crippen LogP contribution is -2.48. The van der Waals surface area contributed by atoms with E-state index in [1.54, 1.807) is 11.8 Å². The molecule has 7 heteroatoms. The predicted molar refractivity (Wildman–Crippen MR) is 91.0 cm³/mol. The molecule has 0 aliphatic carbocycles. The van der Waals surface area contributed by atoms with Crippen molar-refractivity contribution < 1.29 is 9.90 Å². The largest absolute Gasteiger partial charge is 0.387 e. The van der Waals surface area contributed by atoms with Crippen LogP contribution in [-0.4, -0.2) is 65.2 Å². The Balaban J connectivity index is 1.98. The third kappa shape index (κ3) is 5.05. The fourth-order valence-corrected chi connectivity index (χ4v) is 4.36. The number of thioether (sulfide) groups is 1. The number of nitrogens with one attached hydrogen (secondary N) is 1. The Morgan fingerprint density at radius 2 is 2.41 bits per heavy atom. The van der Waals surface area contributed by atoms with Gasteiger partial charge < -0.3 is 21.1 Å². The van der Waals surface area contributed by atoms with Crippen molar-refractivity contribution in [2.45, 2.75) is 38.2 Å². The number of carbonyl (C=O) groups is 1. The van der Waals surface area contributed by atoms with Gasteiger partial charge in [-0.25, -0.2) is 0 Å². The third-order valence-corrected chi connectivity index (χ3v) is 5.48. The van der Waals surface area contributed by atoms with E-state index in [0.29, 0.717) is 18.9 Å². The number of hydrogen-bond donors (Lipinski definition) is 3. The maximum atomic E-state index is 11.1. The summed E-state index contributed by atoms with van der Waals surface area (Å²) in [7, 11) is 0. The van der Waals surface area contributed by atoms with Gasteiger partial charge in [-0.3, -0.25) is 9.79 Å². The predicted octanol–water partition coefficient (Wildman–Crippen LogP) is 0.407. The van der Waals surface area contributed by atoms with E-state index in [-0.39, 0.29) is 5.91 Å². The molecule has 1 amide bonds. The van der Waals surface area contributed by atoms with Crippen LogP contribution in [0.4, 0.5) is 0 Å². The molecule has 2 atom stereocenters. The van der Waals surface area contributed by atoms with Crippen LogP contribution in [0.5, 0.6) is 0 Å². The Morgan fingerprint density at radius 1 is 1.59 bits per heavy atom. The molecule has 2 fully saturated rings. The molecule has 0 aromatic carbocycles. The standard InChI is InChI=1S/C15H28N4O2S/c1-2-17-14(18-10-15(21)5-7-22-11-15)19-6-3-4-12(9-19)8-13(16)20/h12,21H,2-11H2,1H3,(H2,16,20)(H,17,18). The van der Waals surface area contributed by atoms with Crippen molar-refractivity contribution in [3.8, 4) is 0 Å². The van der Waals surface area contributed by atoms with Gasteiger partial charge in [0.2, 0.25) is 5.91 Å². The van der Waals surface area contributed by atoms with Crippen LogP contribution in [0.2, 0.25) is 0 Å². The zero-order chi connectivity index (χ0) is 16.0. The molecule has 0 saturated carbocycles. The van der Waals surface area contributed by atoms with Crippen LogP contribution in [0.3, 0.4) is 0 Å². The Bertz CT molecular complexity index is 410. The van der Waals surface area contributed by atoms with Crippen molar-refractivity contribution in [2.24, 2.45) is 16.6 Å². The number of primary amides is 1. The van der Waals surface area contributed by atoms with E-state index in [1.165, 1.54) is 0 Å². The highest BCUT2D eigenvalue weighted by atomic mass is 32.2. The number of piperidine rings is 1. The zero-order valence-corrected chi connectivity index (χ0v) is 14.2. The van der Waals surface area contributed by atoms with Gasteiger partial charge in [-0.2, -0.15) is 11.8 Å².